The van der Waals surface area contributed by atoms with Crippen LogP contribution in [0.4, 0.5) is 21.0 Å². The van der Waals surface area contributed by atoms with Crippen LogP contribution in [-0.4, -0.2) is 170 Å². The molecule has 55 heavy (non-hydrogen) atoms. The van der Waals surface area contributed by atoms with Gasteiger partial charge in [-0.15, -0.1) is 0 Å². The average molecular weight is 843 g/mol. The fourth-order valence-electron chi connectivity index (χ4n) is 6.92. The van der Waals surface area contributed by atoms with Gasteiger partial charge in [0.05, 0.1) is 32.2 Å². The van der Waals surface area contributed by atoms with Crippen LogP contribution >= 0.6 is 46.4 Å². The number of halogens is 4. The molecule has 0 aliphatic carbocycles. The molecule has 6 amide bonds. The van der Waals surface area contributed by atoms with Gasteiger partial charge in [0, 0.05) is 109 Å². The molecule has 0 unspecified atom stereocenters. The van der Waals surface area contributed by atoms with Gasteiger partial charge in [-0.1, -0.05) is 53.3 Å². The van der Waals surface area contributed by atoms with Gasteiger partial charge in [-0.05, 0) is 56.8 Å². The van der Waals surface area contributed by atoms with Gasteiger partial charge >= 0.3 is 12.1 Å². The van der Waals surface area contributed by atoms with E-state index in [9.17, 15) is 19.2 Å². The third-order valence-corrected chi connectivity index (χ3v) is 11.8. The topological polar surface area (TPSA) is 136 Å². The average Bonchev–Trinajstić information content (AvgIpc) is 3.20. The summed E-state index contributed by atoms with van der Waals surface area (Å²) < 4.78 is 0. The summed E-state index contributed by atoms with van der Waals surface area (Å²) in [7, 11) is 0. The Bertz CT molecular complexity index is 1660. The SMILES string of the molecule is CC(C)N1CCN[C@@H](C(=O)N2CCN(C(=O)Nc3ccc(Cl)c(Cl)c3)CC2)C1.CCN1CCN[C@@H](C(=O)N2CCN(C(=O)Nc3ccc(Cl)c(Cl)c3)CC2)C1. The molecule has 0 aromatic heterocycles. The van der Waals surface area contributed by atoms with Crippen LogP contribution < -0.4 is 21.3 Å². The molecule has 0 bridgehead atoms. The lowest BCUT2D eigenvalue weighted by molar-refractivity contribution is -0.136. The number of hydrogen-bond donors (Lipinski definition) is 4. The van der Waals surface area contributed by atoms with Crippen molar-refractivity contribution >= 4 is 81.7 Å². The van der Waals surface area contributed by atoms with Crippen LogP contribution in [0.3, 0.4) is 0 Å². The molecule has 4 heterocycles. The first-order chi connectivity index (χ1) is 26.3. The Labute approximate surface area is 343 Å². The molecular formula is C37H52Cl4N10O4. The number of anilines is 2. The molecule has 4 N–H and O–H groups in total. The summed E-state index contributed by atoms with van der Waals surface area (Å²) in [6.45, 7) is 16.6. The van der Waals surface area contributed by atoms with Gasteiger partial charge in [-0.25, -0.2) is 9.59 Å². The van der Waals surface area contributed by atoms with E-state index in [0.29, 0.717) is 89.9 Å². The van der Waals surface area contributed by atoms with Crippen LogP contribution in [0.2, 0.25) is 20.1 Å². The number of hydrogen-bond acceptors (Lipinski definition) is 8. The molecule has 4 aliphatic rings. The predicted molar refractivity (Wildman–Crippen MR) is 220 cm³/mol. The Morgan fingerprint density at radius 1 is 0.618 bits per heavy atom. The molecule has 2 atom stereocenters. The molecular weight excluding hydrogens is 790 g/mol. The number of nitrogens with one attached hydrogen (secondary N) is 4. The van der Waals surface area contributed by atoms with E-state index in [1.165, 1.54) is 0 Å². The summed E-state index contributed by atoms with van der Waals surface area (Å²) in [5.74, 6) is 0.243. The molecule has 2 aromatic rings. The standard InChI is InChI=1S/C19H27Cl2N5O2.C18H25Cl2N5O2/c1-13(2)26-6-5-22-17(12-26)18(27)24-7-9-25(10-8-24)19(28)23-14-3-4-15(20)16(21)11-14;1-2-23-6-5-21-16(12-23)17(26)24-7-9-25(10-8-24)18(27)22-13-3-4-14(19)15(20)11-13/h3-4,11,13,17,22H,5-10,12H2,1-2H3,(H,23,28);3-4,11,16,21H,2,5-10,12H2,1H3,(H,22,27)/t17-;16-/m11/s1. The number of urea groups is 2. The van der Waals surface area contributed by atoms with Gasteiger partial charge in [0.1, 0.15) is 0 Å². The van der Waals surface area contributed by atoms with Crippen LogP contribution in [0, 0.1) is 0 Å². The Morgan fingerprint density at radius 3 is 1.45 bits per heavy atom. The Hall–Kier alpha value is -3.08. The molecule has 18 heteroatoms. The Kier molecular flexibility index (Phi) is 15.9. The summed E-state index contributed by atoms with van der Waals surface area (Å²) >= 11 is 23.8. The van der Waals surface area contributed by atoms with E-state index in [4.69, 9.17) is 46.4 Å². The molecule has 14 nitrogen and oxygen atoms in total. The number of likely N-dealkylation sites (N-methyl/N-ethyl adjacent to an activating group) is 1. The van der Waals surface area contributed by atoms with Crippen molar-refractivity contribution in [3.63, 3.8) is 0 Å². The van der Waals surface area contributed by atoms with Gasteiger partial charge in [0.2, 0.25) is 11.8 Å². The van der Waals surface area contributed by atoms with Crippen molar-refractivity contribution in [2.45, 2.75) is 38.9 Å². The number of carbonyl (C=O) groups excluding carboxylic acids is 4. The minimum atomic E-state index is -0.202. The van der Waals surface area contributed by atoms with Crippen molar-refractivity contribution < 1.29 is 19.2 Å². The molecule has 4 fully saturated rings. The molecule has 0 spiro atoms. The van der Waals surface area contributed by atoms with Crippen LogP contribution in [0.1, 0.15) is 20.8 Å². The zero-order valence-electron chi connectivity index (χ0n) is 31.6. The van der Waals surface area contributed by atoms with Gasteiger partial charge in [0.15, 0.2) is 0 Å². The fourth-order valence-corrected chi connectivity index (χ4v) is 7.52. The number of carbonyl (C=O) groups is 4. The maximum Gasteiger partial charge on any atom is 0.321 e. The highest BCUT2D eigenvalue weighted by Gasteiger charge is 2.33. The molecule has 302 valence electrons. The summed E-state index contributed by atoms with van der Waals surface area (Å²) in [5, 5.41) is 14.0. The molecule has 6 rings (SSSR count). The summed E-state index contributed by atoms with van der Waals surface area (Å²) in [5.41, 5.74) is 1.19. The lowest BCUT2D eigenvalue weighted by Crippen LogP contribution is -2.61. The van der Waals surface area contributed by atoms with E-state index in [0.717, 1.165) is 45.8 Å². The maximum atomic E-state index is 12.8. The second-order valence-electron chi connectivity index (χ2n) is 14.2. The largest absolute Gasteiger partial charge is 0.338 e. The zero-order valence-corrected chi connectivity index (χ0v) is 34.7. The normalized spacial score (nSPS) is 21.2. The van der Waals surface area contributed by atoms with Gasteiger partial charge in [0.25, 0.3) is 0 Å². The van der Waals surface area contributed by atoms with Crippen molar-refractivity contribution in [2.75, 3.05) is 109 Å². The molecule has 0 saturated carbocycles. The van der Waals surface area contributed by atoms with Crippen molar-refractivity contribution in [2.24, 2.45) is 0 Å². The highest BCUT2D eigenvalue weighted by atomic mass is 35.5. The Balaban J connectivity index is 0.000000211. The van der Waals surface area contributed by atoms with Crippen molar-refractivity contribution in [3.8, 4) is 0 Å². The second kappa shape index (κ2) is 20.4. The molecule has 4 saturated heterocycles. The third-order valence-electron chi connectivity index (χ3n) is 10.3. The van der Waals surface area contributed by atoms with Crippen LogP contribution in [0.5, 0.6) is 0 Å². The minimum Gasteiger partial charge on any atom is -0.338 e. The lowest BCUT2D eigenvalue weighted by Gasteiger charge is -2.40. The minimum absolute atomic E-state index is 0.120. The molecule has 4 aliphatic heterocycles. The number of benzene rings is 2. The van der Waals surface area contributed by atoms with Crippen LogP contribution in [-0.2, 0) is 9.59 Å². The quantitative estimate of drug-likeness (QED) is 0.338. The highest BCUT2D eigenvalue weighted by molar-refractivity contribution is 6.42. The van der Waals surface area contributed by atoms with Crippen molar-refractivity contribution in [3.05, 3.63) is 56.5 Å². The number of rotatable bonds is 6. The Morgan fingerprint density at radius 2 is 1.04 bits per heavy atom. The van der Waals surface area contributed by atoms with E-state index < -0.39 is 0 Å². The van der Waals surface area contributed by atoms with E-state index in [-0.39, 0.29) is 36.0 Å². The first-order valence-corrected chi connectivity index (χ1v) is 20.4. The van der Waals surface area contributed by atoms with E-state index in [1.54, 1.807) is 46.2 Å². The lowest BCUT2D eigenvalue weighted by atomic mass is 10.1. The predicted octanol–water partition coefficient (Wildman–Crippen LogP) is 4.31. The van der Waals surface area contributed by atoms with Crippen LogP contribution in [0.15, 0.2) is 36.4 Å². The summed E-state index contributed by atoms with van der Waals surface area (Å²) in [4.78, 5) is 62.2. The fraction of sp³-hybridized carbons (Fsp3) is 0.568. The van der Waals surface area contributed by atoms with Crippen molar-refractivity contribution in [1.82, 2.24) is 40.0 Å². The third kappa shape index (κ3) is 12.0. The molecule has 0 radical (unpaired) electrons. The first kappa shape index (κ1) is 43.1. The van der Waals surface area contributed by atoms with E-state index in [1.807, 2.05) is 9.80 Å². The zero-order chi connectivity index (χ0) is 39.6. The maximum absolute atomic E-state index is 12.8. The number of piperazine rings is 4. The van der Waals surface area contributed by atoms with Gasteiger partial charge < -0.3 is 45.8 Å². The number of nitrogens with zero attached hydrogens (tertiary/aromatic N) is 6. The smallest absolute Gasteiger partial charge is 0.321 e. The van der Waals surface area contributed by atoms with E-state index in [2.05, 4.69) is 51.8 Å². The van der Waals surface area contributed by atoms with Crippen molar-refractivity contribution in [1.29, 1.82) is 0 Å². The second-order valence-corrected chi connectivity index (χ2v) is 15.9. The van der Waals surface area contributed by atoms with Gasteiger partial charge in [-0.3, -0.25) is 14.5 Å². The number of amides is 6. The summed E-state index contributed by atoms with van der Waals surface area (Å²) in [6.07, 6.45) is 0. The summed E-state index contributed by atoms with van der Waals surface area (Å²) in [6, 6.07) is 9.65. The highest BCUT2D eigenvalue weighted by Crippen LogP contribution is 2.26. The van der Waals surface area contributed by atoms with Crippen LogP contribution in [0.25, 0.3) is 0 Å². The first-order valence-electron chi connectivity index (χ1n) is 18.9. The van der Waals surface area contributed by atoms with E-state index >= 15 is 0 Å². The monoisotopic (exact) mass is 840 g/mol. The van der Waals surface area contributed by atoms with Gasteiger partial charge in [-0.2, -0.15) is 0 Å². The molecule has 2 aromatic carbocycles.